The van der Waals surface area contributed by atoms with Gasteiger partial charge in [-0.1, -0.05) is 17.4 Å². The lowest BCUT2D eigenvalue weighted by Gasteiger charge is -2.25. The van der Waals surface area contributed by atoms with Gasteiger partial charge in [-0.2, -0.15) is 0 Å². The molecule has 4 heterocycles. The Hall–Kier alpha value is -4.42. The number of nitrogens with zero attached hydrogens (tertiary/aromatic N) is 3. The van der Waals surface area contributed by atoms with E-state index < -0.39 is 12.0 Å². The van der Waals surface area contributed by atoms with E-state index in [0.29, 0.717) is 44.3 Å². The highest BCUT2D eigenvalue weighted by Gasteiger charge is 2.34. The van der Waals surface area contributed by atoms with Crippen molar-refractivity contribution in [3.8, 4) is 16.5 Å². The van der Waals surface area contributed by atoms with Gasteiger partial charge >= 0.3 is 11.9 Å². The topological polar surface area (TPSA) is 110 Å². The van der Waals surface area contributed by atoms with Crippen molar-refractivity contribution in [3.63, 3.8) is 0 Å². The van der Waals surface area contributed by atoms with Crippen molar-refractivity contribution in [3.05, 3.63) is 93.7 Å². The second kappa shape index (κ2) is 14.4. The maximum absolute atomic E-state index is 14.4. The molecular formula is C38H43N3O7S2. The third-order valence-corrected chi connectivity index (χ3v) is 11.2. The standard InChI is InChI=1S/C38H43N3O7S2/c1-9-46-36(43)31-22(6)39-38-41(33(31)24-15-16-27(48-20(3)4)28(18-24)45-8)34(42)30(50-38)19-25-17-21(5)40(23(25)7)35-32(37(44)47-10-2)26-13-11-12-14-29(26)49-35/h15-20,33H,9-14H2,1-8H3/b30-19-/t33-/m1/s1. The second-order valence-electron chi connectivity index (χ2n) is 12.7. The van der Waals surface area contributed by atoms with Crippen LogP contribution in [-0.4, -0.2) is 47.5 Å². The summed E-state index contributed by atoms with van der Waals surface area (Å²) in [6, 6.07) is 6.67. The minimum absolute atomic E-state index is 0.0754. The number of thiazole rings is 1. The average Bonchev–Trinajstić information content (AvgIpc) is 3.69. The largest absolute Gasteiger partial charge is 0.493 e. The van der Waals surface area contributed by atoms with E-state index in [1.54, 1.807) is 49.0 Å². The van der Waals surface area contributed by atoms with Crippen LogP contribution in [0.25, 0.3) is 11.1 Å². The van der Waals surface area contributed by atoms with E-state index in [1.807, 2.05) is 52.8 Å². The zero-order chi connectivity index (χ0) is 35.9. The quantitative estimate of drug-likeness (QED) is 0.182. The van der Waals surface area contributed by atoms with Crippen LogP contribution in [0, 0.1) is 13.8 Å². The monoisotopic (exact) mass is 717 g/mol. The molecule has 1 atom stereocenters. The number of rotatable bonds is 10. The van der Waals surface area contributed by atoms with Crippen LogP contribution in [0.4, 0.5) is 0 Å². The van der Waals surface area contributed by atoms with Gasteiger partial charge in [0.1, 0.15) is 5.00 Å². The van der Waals surface area contributed by atoms with E-state index in [-0.39, 0.29) is 29.8 Å². The van der Waals surface area contributed by atoms with E-state index in [4.69, 9.17) is 23.9 Å². The van der Waals surface area contributed by atoms with Crippen LogP contribution >= 0.6 is 22.7 Å². The molecule has 264 valence electrons. The van der Waals surface area contributed by atoms with Gasteiger partial charge < -0.3 is 23.5 Å². The van der Waals surface area contributed by atoms with Crippen molar-refractivity contribution in [1.82, 2.24) is 9.13 Å². The van der Waals surface area contributed by atoms with E-state index >= 15 is 0 Å². The van der Waals surface area contributed by atoms with Crippen molar-refractivity contribution in [2.24, 2.45) is 4.99 Å². The Bertz CT molecular complexity index is 2200. The number of hydrogen-bond donors (Lipinski definition) is 0. The van der Waals surface area contributed by atoms with Gasteiger partial charge in [0.15, 0.2) is 16.3 Å². The Morgan fingerprint density at radius 3 is 2.42 bits per heavy atom. The van der Waals surface area contributed by atoms with Crippen LogP contribution in [0.2, 0.25) is 0 Å². The van der Waals surface area contributed by atoms with Crippen molar-refractivity contribution in [2.45, 2.75) is 86.3 Å². The highest BCUT2D eigenvalue weighted by Crippen LogP contribution is 2.40. The Balaban J connectivity index is 1.51. The number of esters is 2. The summed E-state index contributed by atoms with van der Waals surface area (Å²) < 4.78 is 26.8. The summed E-state index contributed by atoms with van der Waals surface area (Å²) in [7, 11) is 1.56. The van der Waals surface area contributed by atoms with Crippen molar-refractivity contribution in [2.75, 3.05) is 20.3 Å². The molecule has 2 aliphatic rings. The van der Waals surface area contributed by atoms with Crippen molar-refractivity contribution < 1.29 is 28.5 Å². The van der Waals surface area contributed by atoms with Crippen molar-refractivity contribution in [1.29, 1.82) is 0 Å². The fourth-order valence-electron chi connectivity index (χ4n) is 6.82. The lowest BCUT2D eigenvalue weighted by Crippen LogP contribution is -2.40. The summed E-state index contributed by atoms with van der Waals surface area (Å²) in [6.07, 6.45) is 5.77. The maximum atomic E-state index is 14.4. The van der Waals surface area contributed by atoms with E-state index in [0.717, 1.165) is 53.2 Å². The number of fused-ring (bicyclic) bond motifs is 2. The smallest absolute Gasteiger partial charge is 0.341 e. The fourth-order valence-corrected chi connectivity index (χ4v) is 9.35. The molecular weight excluding hydrogens is 675 g/mol. The van der Waals surface area contributed by atoms with Crippen LogP contribution in [0.3, 0.4) is 0 Å². The first-order chi connectivity index (χ1) is 24.0. The Morgan fingerprint density at radius 2 is 1.72 bits per heavy atom. The van der Waals surface area contributed by atoms with Crippen LogP contribution in [0.15, 0.2) is 45.3 Å². The fraction of sp³-hybridized carbons (Fsp3) is 0.421. The molecule has 0 fully saturated rings. The lowest BCUT2D eigenvalue weighted by molar-refractivity contribution is -0.139. The van der Waals surface area contributed by atoms with Crippen LogP contribution < -0.4 is 24.4 Å². The molecule has 0 bridgehead atoms. The van der Waals surface area contributed by atoms with E-state index in [9.17, 15) is 14.4 Å². The number of aryl methyl sites for hydroxylation is 2. The van der Waals surface area contributed by atoms with Gasteiger partial charge in [0.05, 0.1) is 53.8 Å². The number of carbonyl (C=O) groups excluding carboxylic acids is 2. The van der Waals surface area contributed by atoms with Crippen LogP contribution in [0.5, 0.6) is 11.5 Å². The number of carbonyl (C=O) groups is 2. The normalized spacial score (nSPS) is 15.9. The average molecular weight is 718 g/mol. The molecule has 3 aromatic heterocycles. The zero-order valence-electron chi connectivity index (χ0n) is 29.8. The highest BCUT2D eigenvalue weighted by molar-refractivity contribution is 7.15. The van der Waals surface area contributed by atoms with E-state index in [1.165, 1.54) is 16.2 Å². The molecule has 10 nitrogen and oxygen atoms in total. The van der Waals surface area contributed by atoms with E-state index in [2.05, 4.69) is 4.57 Å². The van der Waals surface area contributed by atoms with Crippen LogP contribution in [0.1, 0.15) is 96.8 Å². The summed E-state index contributed by atoms with van der Waals surface area (Å²) in [5.74, 6) is 0.220. The molecule has 0 saturated heterocycles. The molecule has 0 unspecified atom stereocenters. The number of thiophene rings is 1. The number of methoxy groups -OCH3 is 1. The molecule has 1 aromatic carbocycles. The molecule has 0 radical (unpaired) electrons. The first kappa shape index (κ1) is 35.4. The summed E-state index contributed by atoms with van der Waals surface area (Å²) >= 11 is 2.93. The Kier molecular flexibility index (Phi) is 10.2. The molecule has 1 aliphatic carbocycles. The molecule has 12 heteroatoms. The van der Waals surface area contributed by atoms with Crippen LogP contribution in [-0.2, 0) is 27.1 Å². The zero-order valence-corrected chi connectivity index (χ0v) is 31.4. The number of hydrogen-bond acceptors (Lipinski definition) is 10. The number of aromatic nitrogens is 2. The predicted molar refractivity (Wildman–Crippen MR) is 195 cm³/mol. The first-order valence-electron chi connectivity index (χ1n) is 17.0. The predicted octanol–water partition coefficient (Wildman–Crippen LogP) is 6.12. The third kappa shape index (κ3) is 6.35. The van der Waals surface area contributed by atoms with Gasteiger partial charge in [-0.3, -0.25) is 9.36 Å². The first-order valence-corrected chi connectivity index (χ1v) is 18.7. The second-order valence-corrected chi connectivity index (χ2v) is 14.7. The minimum Gasteiger partial charge on any atom is -0.493 e. The molecule has 1 aliphatic heterocycles. The number of ether oxygens (including phenoxy) is 4. The number of allylic oxidation sites excluding steroid dienone is 1. The maximum Gasteiger partial charge on any atom is 0.341 e. The van der Waals surface area contributed by atoms with Crippen molar-refractivity contribution >= 4 is 40.7 Å². The molecule has 4 aromatic rings. The summed E-state index contributed by atoms with van der Waals surface area (Å²) in [5.41, 5.74) is 5.61. The lowest BCUT2D eigenvalue weighted by atomic mass is 9.95. The van der Waals surface area contributed by atoms with Gasteiger partial charge in [0, 0.05) is 16.3 Å². The minimum atomic E-state index is -0.800. The summed E-state index contributed by atoms with van der Waals surface area (Å²) in [4.78, 5) is 47.6. The van der Waals surface area contributed by atoms with Gasteiger partial charge in [-0.25, -0.2) is 14.6 Å². The Morgan fingerprint density at radius 1 is 1.00 bits per heavy atom. The molecule has 0 spiro atoms. The Labute approximate surface area is 299 Å². The van der Waals surface area contributed by atoms with Gasteiger partial charge in [-0.15, -0.1) is 11.3 Å². The third-order valence-electron chi connectivity index (χ3n) is 8.98. The molecule has 0 amide bonds. The number of benzene rings is 1. The molecule has 0 saturated carbocycles. The SMILES string of the molecule is CCOC(=O)C1=C(C)N=c2s/c(=C\c3cc(C)n(-c4sc5c(c4C(=O)OCC)CCCC5)c3C)c(=O)n2[C@@H]1c1ccc(OC(C)C)c(OC)c1. The molecule has 0 N–H and O–H groups in total. The molecule has 50 heavy (non-hydrogen) atoms. The molecule has 6 rings (SSSR count). The van der Waals surface area contributed by atoms with Gasteiger partial charge in [0.25, 0.3) is 5.56 Å². The highest BCUT2D eigenvalue weighted by atomic mass is 32.1. The van der Waals surface area contributed by atoms with Gasteiger partial charge in [0.2, 0.25) is 0 Å². The summed E-state index contributed by atoms with van der Waals surface area (Å²) in [5, 5.41) is 0.861. The van der Waals surface area contributed by atoms with Gasteiger partial charge in [-0.05, 0) is 115 Å². The summed E-state index contributed by atoms with van der Waals surface area (Å²) in [6.45, 7) is 13.7.